The van der Waals surface area contributed by atoms with Gasteiger partial charge in [0.15, 0.2) is 0 Å². The van der Waals surface area contributed by atoms with Crippen LogP contribution in [0.25, 0.3) is 0 Å². The topological polar surface area (TPSA) is 43.4 Å². The Balaban J connectivity index is 1.83. The minimum Gasteiger partial charge on any atom is -0.550 e. The molecule has 2 rings (SSSR count). The fraction of sp³-hybridized carbons (Fsp3) is 0.462. The number of carboxylic acid groups (broad SMARTS) is 1. The van der Waals surface area contributed by atoms with Crippen LogP contribution in [0.1, 0.15) is 18.4 Å². The van der Waals surface area contributed by atoms with Gasteiger partial charge in [0, 0.05) is 19.1 Å². The lowest BCUT2D eigenvalue weighted by atomic mass is 10.1. The molecule has 1 unspecified atom stereocenters. The molecule has 16 heavy (non-hydrogen) atoms. The molecule has 3 nitrogen and oxygen atoms in total. The minimum atomic E-state index is -0.924. The van der Waals surface area contributed by atoms with Crippen molar-refractivity contribution in [3.05, 3.63) is 35.9 Å². The van der Waals surface area contributed by atoms with Crippen molar-refractivity contribution in [3.8, 4) is 0 Å². The van der Waals surface area contributed by atoms with Gasteiger partial charge in [-0.15, -0.1) is 0 Å². The maximum atomic E-state index is 10.5. The maximum Gasteiger partial charge on any atom is 0.0417 e. The van der Waals surface area contributed by atoms with Crippen molar-refractivity contribution < 1.29 is 9.90 Å². The number of hydrogen-bond acceptors (Lipinski definition) is 3. The predicted octanol–water partition coefficient (Wildman–Crippen LogP) is 0.648. The quantitative estimate of drug-likeness (QED) is 0.745. The molecule has 0 spiro atoms. The summed E-state index contributed by atoms with van der Waals surface area (Å²) in [5.41, 5.74) is 1.29. The average molecular weight is 218 g/mol. The Hall–Kier alpha value is -1.35. The van der Waals surface area contributed by atoms with Crippen molar-refractivity contribution in [1.29, 1.82) is 0 Å². The van der Waals surface area contributed by atoms with E-state index in [0.717, 1.165) is 26.1 Å². The summed E-state index contributed by atoms with van der Waals surface area (Å²) < 4.78 is 0. The molecule has 3 heteroatoms. The Morgan fingerprint density at radius 1 is 1.38 bits per heavy atom. The van der Waals surface area contributed by atoms with Crippen LogP contribution >= 0.6 is 0 Å². The number of hydrogen-bond donors (Lipinski definition) is 0. The number of carbonyl (C=O) groups excluding carboxylic acids is 1. The first-order valence-electron chi connectivity index (χ1n) is 5.70. The summed E-state index contributed by atoms with van der Waals surface area (Å²) in [6.45, 7) is 2.79. The van der Waals surface area contributed by atoms with Crippen LogP contribution in [0.5, 0.6) is 0 Å². The molecule has 1 aliphatic heterocycles. The zero-order chi connectivity index (χ0) is 11.4. The Kier molecular flexibility index (Phi) is 3.57. The zero-order valence-electron chi connectivity index (χ0n) is 9.26. The van der Waals surface area contributed by atoms with Gasteiger partial charge in [0.05, 0.1) is 0 Å². The second kappa shape index (κ2) is 5.12. The Labute approximate surface area is 95.7 Å². The molecule has 86 valence electrons. The van der Waals surface area contributed by atoms with Crippen LogP contribution in [-0.2, 0) is 11.3 Å². The lowest BCUT2D eigenvalue weighted by molar-refractivity contribution is -0.306. The molecule has 0 N–H and O–H groups in total. The second-order valence-electron chi connectivity index (χ2n) is 4.45. The Bertz CT molecular complexity index is 350. The number of carbonyl (C=O) groups is 1. The lowest BCUT2D eigenvalue weighted by Crippen LogP contribution is -2.27. The van der Waals surface area contributed by atoms with Crippen molar-refractivity contribution in [2.24, 2.45) is 5.92 Å². The Morgan fingerprint density at radius 2 is 2.12 bits per heavy atom. The fourth-order valence-electron chi connectivity index (χ4n) is 2.30. The van der Waals surface area contributed by atoms with Gasteiger partial charge in [-0.25, -0.2) is 0 Å². The monoisotopic (exact) mass is 218 g/mol. The third-order valence-electron chi connectivity index (χ3n) is 3.07. The molecule has 1 aliphatic rings. The van der Waals surface area contributed by atoms with E-state index in [4.69, 9.17) is 0 Å². The molecule has 1 heterocycles. The van der Waals surface area contributed by atoms with Crippen LogP contribution in [0.4, 0.5) is 0 Å². The van der Waals surface area contributed by atoms with E-state index in [1.54, 1.807) is 0 Å². The largest absolute Gasteiger partial charge is 0.550 e. The predicted molar refractivity (Wildman–Crippen MR) is 59.5 cm³/mol. The number of likely N-dealkylation sites (tertiary alicyclic amines) is 1. The first-order valence-corrected chi connectivity index (χ1v) is 5.70. The van der Waals surface area contributed by atoms with Gasteiger partial charge in [0.2, 0.25) is 0 Å². The molecule has 1 aromatic carbocycles. The van der Waals surface area contributed by atoms with Crippen LogP contribution in [0.15, 0.2) is 30.3 Å². The van der Waals surface area contributed by atoms with Gasteiger partial charge in [-0.2, -0.15) is 0 Å². The van der Waals surface area contributed by atoms with E-state index in [9.17, 15) is 9.90 Å². The highest BCUT2D eigenvalue weighted by molar-refractivity contribution is 5.64. The molecule has 0 saturated carbocycles. The van der Waals surface area contributed by atoms with E-state index in [1.165, 1.54) is 5.56 Å². The van der Waals surface area contributed by atoms with E-state index in [1.807, 2.05) is 18.2 Å². The molecular formula is C13H16NO2-. The highest BCUT2D eigenvalue weighted by Gasteiger charge is 2.22. The summed E-state index contributed by atoms with van der Waals surface area (Å²) in [6, 6.07) is 10.3. The normalized spacial score (nSPS) is 21.1. The van der Waals surface area contributed by atoms with E-state index < -0.39 is 5.97 Å². The van der Waals surface area contributed by atoms with E-state index in [-0.39, 0.29) is 12.3 Å². The number of nitrogens with zero attached hydrogens (tertiary/aromatic N) is 1. The van der Waals surface area contributed by atoms with Crippen LogP contribution in [-0.4, -0.2) is 24.0 Å². The third kappa shape index (κ3) is 3.07. The second-order valence-corrected chi connectivity index (χ2v) is 4.45. The number of aliphatic carboxylic acids is 1. The van der Waals surface area contributed by atoms with Gasteiger partial charge >= 0.3 is 0 Å². The first-order chi connectivity index (χ1) is 7.74. The van der Waals surface area contributed by atoms with Crippen molar-refractivity contribution in [2.45, 2.75) is 19.4 Å². The molecule has 0 aliphatic carbocycles. The molecule has 1 atom stereocenters. The van der Waals surface area contributed by atoms with Crippen LogP contribution in [0.3, 0.4) is 0 Å². The SMILES string of the molecule is O=C([O-])CC1CCN(Cc2ccccc2)C1. The smallest absolute Gasteiger partial charge is 0.0417 e. The van der Waals surface area contributed by atoms with E-state index in [0.29, 0.717) is 0 Å². The number of benzene rings is 1. The summed E-state index contributed by atoms with van der Waals surface area (Å²) in [5, 5.41) is 10.5. The van der Waals surface area contributed by atoms with Gasteiger partial charge in [-0.05, 0) is 30.9 Å². The van der Waals surface area contributed by atoms with E-state index >= 15 is 0 Å². The standard InChI is InChI=1S/C13H17NO2/c15-13(16)8-12-6-7-14(10-12)9-11-4-2-1-3-5-11/h1-5,12H,6-10H2,(H,15,16)/p-1. The minimum absolute atomic E-state index is 0.200. The summed E-state index contributed by atoms with van der Waals surface area (Å²) in [7, 11) is 0. The summed E-state index contributed by atoms with van der Waals surface area (Å²) in [4.78, 5) is 12.8. The third-order valence-corrected chi connectivity index (χ3v) is 3.07. The number of carboxylic acids is 1. The summed E-state index contributed by atoms with van der Waals surface area (Å²) in [5.74, 6) is -0.653. The Morgan fingerprint density at radius 3 is 2.81 bits per heavy atom. The molecular weight excluding hydrogens is 202 g/mol. The summed E-state index contributed by atoms with van der Waals surface area (Å²) in [6.07, 6.45) is 1.17. The van der Waals surface area contributed by atoms with Gasteiger partial charge in [-0.1, -0.05) is 30.3 Å². The van der Waals surface area contributed by atoms with Crippen molar-refractivity contribution >= 4 is 5.97 Å². The maximum absolute atomic E-state index is 10.5. The van der Waals surface area contributed by atoms with Crippen LogP contribution < -0.4 is 5.11 Å². The van der Waals surface area contributed by atoms with E-state index in [2.05, 4.69) is 17.0 Å². The van der Waals surface area contributed by atoms with Crippen LogP contribution in [0, 0.1) is 5.92 Å². The van der Waals surface area contributed by atoms with Gasteiger partial charge in [0.1, 0.15) is 0 Å². The van der Waals surface area contributed by atoms with Gasteiger partial charge < -0.3 is 9.90 Å². The van der Waals surface area contributed by atoms with Crippen molar-refractivity contribution in [3.63, 3.8) is 0 Å². The van der Waals surface area contributed by atoms with Gasteiger partial charge in [0.25, 0.3) is 0 Å². The zero-order valence-corrected chi connectivity index (χ0v) is 9.26. The molecule has 1 aromatic rings. The lowest BCUT2D eigenvalue weighted by Gasteiger charge is -2.16. The summed E-state index contributed by atoms with van der Waals surface area (Å²) >= 11 is 0. The van der Waals surface area contributed by atoms with Crippen LogP contribution in [0.2, 0.25) is 0 Å². The molecule has 1 fully saturated rings. The van der Waals surface area contributed by atoms with Crippen molar-refractivity contribution in [2.75, 3.05) is 13.1 Å². The molecule has 0 amide bonds. The first kappa shape index (κ1) is 11.1. The molecule has 1 saturated heterocycles. The molecule has 0 bridgehead atoms. The highest BCUT2D eigenvalue weighted by atomic mass is 16.4. The molecule has 0 radical (unpaired) electrons. The fourth-order valence-corrected chi connectivity index (χ4v) is 2.30. The highest BCUT2D eigenvalue weighted by Crippen LogP contribution is 2.20. The van der Waals surface area contributed by atoms with Gasteiger partial charge in [-0.3, -0.25) is 4.90 Å². The van der Waals surface area contributed by atoms with Crippen molar-refractivity contribution in [1.82, 2.24) is 4.90 Å². The number of rotatable bonds is 4. The average Bonchev–Trinajstić information content (AvgIpc) is 2.66. The molecule has 0 aromatic heterocycles.